The Balaban J connectivity index is 1.31. The van der Waals surface area contributed by atoms with Gasteiger partial charge in [-0.1, -0.05) is 30.3 Å². The van der Waals surface area contributed by atoms with E-state index in [1.165, 1.54) is 5.56 Å². The Bertz CT molecular complexity index is 795. The van der Waals surface area contributed by atoms with E-state index >= 15 is 0 Å². The molecular formula is C23H28N2O3. The second kappa shape index (κ2) is 8.21. The first-order valence-corrected chi connectivity index (χ1v) is 10.3. The average molecular weight is 380 g/mol. The van der Waals surface area contributed by atoms with E-state index in [2.05, 4.69) is 29.6 Å². The minimum absolute atomic E-state index is 0.0719. The molecule has 2 amide bonds. The van der Waals surface area contributed by atoms with Crippen LogP contribution in [0.3, 0.4) is 0 Å². The van der Waals surface area contributed by atoms with Crippen molar-refractivity contribution in [2.24, 2.45) is 0 Å². The lowest BCUT2D eigenvalue weighted by molar-refractivity contribution is -0.133. The molecule has 2 saturated heterocycles. The molecule has 5 heteroatoms. The van der Waals surface area contributed by atoms with Crippen LogP contribution in [0.2, 0.25) is 0 Å². The summed E-state index contributed by atoms with van der Waals surface area (Å²) in [5.41, 5.74) is 1.02. The number of hydrogen-bond acceptors (Lipinski definition) is 3. The van der Waals surface area contributed by atoms with Gasteiger partial charge >= 0.3 is 0 Å². The molecule has 1 aromatic carbocycles. The Hall–Kier alpha value is -2.56. The Morgan fingerprint density at radius 1 is 1.14 bits per heavy atom. The molecule has 2 aliphatic rings. The van der Waals surface area contributed by atoms with Crippen LogP contribution in [0.4, 0.5) is 0 Å². The SMILES string of the molecule is O=C1CC[C@@](CCC(=O)N2CCC(c3ccccc3)CC2)(Cc2ccco2)N1. The number of rotatable bonds is 6. The first kappa shape index (κ1) is 18.8. The van der Waals surface area contributed by atoms with Gasteiger partial charge in [0.15, 0.2) is 0 Å². The summed E-state index contributed by atoms with van der Waals surface area (Å²) in [5.74, 6) is 1.68. The van der Waals surface area contributed by atoms with Gasteiger partial charge in [-0.3, -0.25) is 9.59 Å². The minimum Gasteiger partial charge on any atom is -0.469 e. The monoisotopic (exact) mass is 380 g/mol. The van der Waals surface area contributed by atoms with Crippen molar-refractivity contribution in [1.82, 2.24) is 10.2 Å². The average Bonchev–Trinajstić information content (AvgIpc) is 3.37. The van der Waals surface area contributed by atoms with Crippen molar-refractivity contribution in [3.63, 3.8) is 0 Å². The van der Waals surface area contributed by atoms with Gasteiger partial charge in [-0.15, -0.1) is 0 Å². The molecule has 2 aromatic rings. The number of hydrogen-bond donors (Lipinski definition) is 1. The van der Waals surface area contributed by atoms with Crippen molar-refractivity contribution < 1.29 is 14.0 Å². The van der Waals surface area contributed by atoms with Crippen molar-refractivity contribution in [3.8, 4) is 0 Å². The number of carbonyl (C=O) groups excluding carboxylic acids is 2. The van der Waals surface area contributed by atoms with Crippen molar-refractivity contribution in [2.45, 2.75) is 56.4 Å². The zero-order valence-corrected chi connectivity index (χ0v) is 16.2. The van der Waals surface area contributed by atoms with Crippen LogP contribution in [-0.4, -0.2) is 35.3 Å². The number of amides is 2. The number of furan rings is 1. The molecule has 3 heterocycles. The molecular weight excluding hydrogens is 352 g/mol. The van der Waals surface area contributed by atoms with Crippen molar-refractivity contribution in [1.29, 1.82) is 0 Å². The van der Waals surface area contributed by atoms with Crippen molar-refractivity contribution >= 4 is 11.8 Å². The molecule has 0 bridgehead atoms. The Morgan fingerprint density at radius 3 is 2.57 bits per heavy atom. The molecule has 0 unspecified atom stereocenters. The van der Waals surface area contributed by atoms with Gasteiger partial charge in [0.2, 0.25) is 11.8 Å². The van der Waals surface area contributed by atoms with Crippen LogP contribution in [0.15, 0.2) is 53.1 Å². The number of nitrogens with one attached hydrogen (secondary N) is 1. The summed E-state index contributed by atoms with van der Waals surface area (Å²) in [4.78, 5) is 26.7. The van der Waals surface area contributed by atoms with Crippen LogP contribution in [0.1, 0.15) is 55.8 Å². The normalized spacial score (nSPS) is 23.0. The van der Waals surface area contributed by atoms with Gasteiger partial charge in [0, 0.05) is 37.9 Å². The van der Waals surface area contributed by atoms with Crippen LogP contribution >= 0.6 is 0 Å². The van der Waals surface area contributed by atoms with Crippen molar-refractivity contribution in [3.05, 3.63) is 60.1 Å². The minimum atomic E-state index is -0.354. The molecule has 1 atom stereocenters. The summed E-state index contributed by atoms with van der Waals surface area (Å²) >= 11 is 0. The molecule has 4 rings (SSSR count). The zero-order valence-electron chi connectivity index (χ0n) is 16.2. The predicted octanol–water partition coefficient (Wildman–Crippen LogP) is 3.66. The number of piperidine rings is 1. The standard InChI is InChI=1S/C23H28N2O3/c26-21-8-12-23(24-21,17-20-7-4-16-28-20)13-9-22(27)25-14-10-19(11-15-25)18-5-2-1-3-6-18/h1-7,16,19H,8-15,17H2,(H,24,26)/t23-/m1/s1. The lowest BCUT2D eigenvalue weighted by atomic mass is 9.86. The number of nitrogens with zero attached hydrogens (tertiary/aromatic N) is 1. The van der Waals surface area contributed by atoms with Crippen molar-refractivity contribution in [2.75, 3.05) is 13.1 Å². The highest BCUT2D eigenvalue weighted by atomic mass is 16.3. The summed E-state index contributed by atoms with van der Waals surface area (Å²) < 4.78 is 5.49. The summed E-state index contributed by atoms with van der Waals surface area (Å²) in [6.07, 6.45) is 6.76. The first-order chi connectivity index (χ1) is 13.6. The zero-order chi connectivity index (χ0) is 19.4. The van der Waals surface area contributed by atoms with E-state index in [0.29, 0.717) is 31.6 Å². The third-order valence-electron chi connectivity index (χ3n) is 6.26. The van der Waals surface area contributed by atoms with Gasteiger partial charge in [0.1, 0.15) is 5.76 Å². The number of likely N-dealkylation sites (tertiary alicyclic amines) is 1. The highest BCUT2D eigenvalue weighted by Crippen LogP contribution is 2.31. The van der Waals surface area contributed by atoms with Crippen LogP contribution in [0.25, 0.3) is 0 Å². The van der Waals surface area contributed by atoms with Crippen LogP contribution in [-0.2, 0) is 16.0 Å². The van der Waals surface area contributed by atoms with Gasteiger partial charge < -0.3 is 14.6 Å². The molecule has 2 aliphatic heterocycles. The van der Waals surface area contributed by atoms with Crippen LogP contribution < -0.4 is 5.32 Å². The maximum absolute atomic E-state index is 12.8. The molecule has 5 nitrogen and oxygen atoms in total. The maximum Gasteiger partial charge on any atom is 0.222 e. The van der Waals surface area contributed by atoms with E-state index in [9.17, 15) is 9.59 Å². The summed E-state index contributed by atoms with van der Waals surface area (Å²) in [6, 6.07) is 14.4. The van der Waals surface area contributed by atoms with E-state index < -0.39 is 0 Å². The molecule has 1 aromatic heterocycles. The summed E-state index contributed by atoms with van der Waals surface area (Å²) in [7, 11) is 0. The van der Waals surface area contributed by atoms with E-state index in [-0.39, 0.29) is 17.4 Å². The lowest BCUT2D eigenvalue weighted by Crippen LogP contribution is -2.45. The fraction of sp³-hybridized carbons (Fsp3) is 0.478. The molecule has 28 heavy (non-hydrogen) atoms. The van der Waals surface area contributed by atoms with Crippen LogP contribution in [0, 0.1) is 0 Å². The van der Waals surface area contributed by atoms with E-state index in [1.807, 2.05) is 23.1 Å². The maximum atomic E-state index is 12.8. The fourth-order valence-electron chi connectivity index (χ4n) is 4.62. The Kier molecular flexibility index (Phi) is 5.51. The molecule has 2 fully saturated rings. The molecule has 0 radical (unpaired) electrons. The molecule has 1 N–H and O–H groups in total. The quantitative estimate of drug-likeness (QED) is 0.832. The number of carbonyl (C=O) groups is 2. The topological polar surface area (TPSA) is 62.6 Å². The Labute approximate surface area is 166 Å². The molecule has 0 spiro atoms. The van der Waals surface area contributed by atoms with E-state index in [0.717, 1.165) is 38.1 Å². The molecule has 148 valence electrons. The van der Waals surface area contributed by atoms with Gasteiger partial charge in [0.05, 0.1) is 6.26 Å². The van der Waals surface area contributed by atoms with E-state index in [4.69, 9.17) is 4.42 Å². The fourth-order valence-corrected chi connectivity index (χ4v) is 4.62. The third kappa shape index (κ3) is 4.29. The van der Waals surface area contributed by atoms with Gasteiger partial charge in [-0.2, -0.15) is 0 Å². The highest BCUT2D eigenvalue weighted by molar-refractivity contribution is 5.80. The highest BCUT2D eigenvalue weighted by Gasteiger charge is 2.39. The largest absolute Gasteiger partial charge is 0.469 e. The predicted molar refractivity (Wildman–Crippen MR) is 107 cm³/mol. The second-order valence-electron chi connectivity index (χ2n) is 8.15. The smallest absolute Gasteiger partial charge is 0.222 e. The second-order valence-corrected chi connectivity index (χ2v) is 8.15. The third-order valence-corrected chi connectivity index (χ3v) is 6.26. The molecule has 0 aliphatic carbocycles. The number of benzene rings is 1. The van der Waals surface area contributed by atoms with Gasteiger partial charge in [-0.05, 0) is 49.3 Å². The Morgan fingerprint density at radius 2 is 1.93 bits per heavy atom. The summed E-state index contributed by atoms with van der Waals surface area (Å²) in [5, 5.41) is 3.12. The molecule has 0 saturated carbocycles. The van der Waals surface area contributed by atoms with Gasteiger partial charge in [0.25, 0.3) is 0 Å². The lowest BCUT2D eigenvalue weighted by Gasteiger charge is -2.34. The first-order valence-electron chi connectivity index (χ1n) is 10.3. The van der Waals surface area contributed by atoms with E-state index in [1.54, 1.807) is 6.26 Å². The van der Waals surface area contributed by atoms with Gasteiger partial charge in [-0.25, -0.2) is 0 Å². The van der Waals surface area contributed by atoms with Crippen LogP contribution in [0.5, 0.6) is 0 Å². The summed E-state index contributed by atoms with van der Waals surface area (Å²) in [6.45, 7) is 1.63.